The standard InChI is InChI=1S/C21H16O5/c22-21(26-18-10-11-19-20(12-18)25-14-24-19)16-8-6-15(7-9-16)13-23-17-4-2-1-3-5-17/h1-12H,13-14H2. The van der Waals surface area contributed by atoms with Crippen LogP contribution in [0.1, 0.15) is 15.9 Å². The summed E-state index contributed by atoms with van der Waals surface area (Å²) in [5, 5.41) is 0. The SMILES string of the molecule is O=C(Oc1ccc2c(c1)OCO2)c1ccc(COc2ccccc2)cc1. The average molecular weight is 348 g/mol. The molecule has 0 aliphatic carbocycles. The van der Waals surface area contributed by atoms with Crippen molar-refractivity contribution in [3.05, 3.63) is 83.9 Å². The number of carbonyl (C=O) groups is 1. The van der Waals surface area contributed by atoms with Crippen LogP contribution in [0.4, 0.5) is 0 Å². The van der Waals surface area contributed by atoms with Crippen molar-refractivity contribution in [3.8, 4) is 23.0 Å². The summed E-state index contributed by atoms with van der Waals surface area (Å²) < 4.78 is 21.6. The summed E-state index contributed by atoms with van der Waals surface area (Å²) in [6.07, 6.45) is 0. The van der Waals surface area contributed by atoms with E-state index < -0.39 is 5.97 Å². The van der Waals surface area contributed by atoms with Gasteiger partial charge >= 0.3 is 5.97 Å². The second-order valence-corrected chi connectivity index (χ2v) is 5.70. The summed E-state index contributed by atoms with van der Waals surface area (Å²) in [5.41, 5.74) is 1.43. The molecule has 0 N–H and O–H groups in total. The number of fused-ring (bicyclic) bond motifs is 1. The predicted molar refractivity (Wildman–Crippen MR) is 94.7 cm³/mol. The maximum Gasteiger partial charge on any atom is 0.343 e. The van der Waals surface area contributed by atoms with Crippen LogP contribution in [0.25, 0.3) is 0 Å². The van der Waals surface area contributed by atoms with Crippen LogP contribution in [0.15, 0.2) is 72.8 Å². The molecule has 0 spiro atoms. The van der Waals surface area contributed by atoms with Gasteiger partial charge in [-0.3, -0.25) is 0 Å². The topological polar surface area (TPSA) is 54.0 Å². The lowest BCUT2D eigenvalue weighted by molar-refractivity contribution is 0.0734. The number of rotatable bonds is 5. The highest BCUT2D eigenvalue weighted by atomic mass is 16.7. The molecule has 4 rings (SSSR count). The molecule has 3 aromatic rings. The van der Waals surface area contributed by atoms with Crippen LogP contribution in [0.5, 0.6) is 23.0 Å². The predicted octanol–water partition coefficient (Wildman–Crippen LogP) is 4.21. The van der Waals surface area contributed by atoms with Gasteiger partial charge < -0.3 is 18.9 Å². The molecule has 0 bridgehead atoms. The number of carbonyl (C=O) groups excluding carboxylic acids is 1. The molecule has 0 amide bonds. The Labute approximate surface area is 150 Å². The van der Waals surface area contributed by atoms with Gasteiger partial charge in [-0.2, -0.15) is 0 Å². The monoisotopic (exact) mass is 348 g/mol. The van der Waals surface area contributed by atoms with E-state index in [4.69, 9.17) is 18.9 Å². The summed E-state index contributed by atoms with van der Waals surface area (Å²) >= 11 is 0. The highest BCUT2D eigenvalue weighted by molar-refractivity contribution is 5.91. The third-order valence-electron chi connectivity index (χ3n) is 3.89. The number of para-hydroxylation sites is 1. The van der Waals surface area contributed by atoms with Crippen LogP contribution in [0.3, 0.4) is 0 Å². The summed E-state index contributed by atoms with van der Waals surface area (Å²) in [4.78, 5) is 12.3. The van der Waals surface area contributed by atoms with E-state index in [0.29, 0.717) is 29.4 Å². The fraction of sp³-hybridized carbons (Fsp3) is 0.0952. The van der Waals surface area contributed by atoms with Crippen molar-refractivity contribution in [1.82, 2.24) is 0 Å². The number of benzene rings is 3. The van der Waals surface area contributed by atoms with Crippen molar-refractivity contribution in [2.75, 3.05) is 6.79 Å². The quantitative estimate of drug-likeness (QED) is 0.511. The largest absolute Gasteiger partial charge is 0.489 e. The molecule has 1 heterocycles. The fourth-order valence-corrected chi connectivity index (χ4v) is 2.53. The first-order valence-corrected chi connectivity index (χ1v) is 8.16. The van der Waals surface area contributed by atoms with Crippen molar-refractivity contribution >= 4 is 5.97 Å². The van der Waals surface area contributed by atoms with Gasteiger partial charge in [-0.05, 0) is 42.0 Å². The van der Waals surface area contributed by atoms with E-state index in [1.807, 2.05) is 42.5 Å². The Morgan fingerprint density at radius 3 is 2.42 bits per heavy atom. The van der Waals surface area contributed by atoms with E-state index in [1.54, 1.807) is 30.3 Å². The van der Waals surface area contributed by atoms with Crippen LogP contribution in [0.2, 0.25) is 0 Å². The normalized spacial score (nSPS) is 11.8. The zero-order valence-electron chi connectivity index (χ0n) is 13.9. The highest BCUT2D eigenvalue weighted by Gasteiger charge is 2.16. The minimum Gasteiger partial charge on any atom is -0.489 e. The van der Waals surface area contributed by atoms with Crippen LogP contribution in [-0.2, 0) is 6.61 Å². The zero-order valence-corrected chi connectivity index (χ0v) is 13.9. The Hall–Kier alpha value is -3.47. The molecular weight excluding hydrogens is 332 g/mol. The first-order chi connectivity index (χ1) is 12.8. The summed E-state index contributed by atoms with van der Waals surface area (Å²) in [5.74, 6) is 2.00. The van der Waals surface area contributed by atoms with E-state index in [-0.39, 0.29) is 6.79 Å². The second-order valence-electron chi connectivity index (χ2n) is 5.70. The van der Waals surface area contributed by atoms with E-state index in [1.165, 1.54) is 0 Å². The lowest BCUT2D eigenvalue weighted by Gasteiger charge is -2.08. The molecular formula is C21H16O5. The van der Waals surface area contributed by atoms with Gasteiger partial charge in [0.1, 0.15) is 18.1 Å². The molecule has 5 nitrogen and oxygen atoms in total. The first-order valence-electron chi connectivity index (χ1n) is 8.16. The molecule has 3 aromatic carbocycles. The molecule has 1 aliphatic rings. The first kappa shape index (κ1) is 16.0. The van der Waals surface area contributed by atoms with Gasteiger partial charge in [0.25, 0.3) is 0 Å². The maximum absolute atomic E-state index is 12.3. The molecule has 0 fully saturated rings. The molecule has 0 atom stereocenters. The molecule has 1 aliphatic heterocycles. The highest BCUT2D eigenvalue weighted by Crippen LogP contribution is 2.35. The molecule has 26 heavy (non-hydrogen) atoms. The van der Waals surface area contributed by atoms with Crippen LogP contribution in [0, 0.1) is 0 Å². The van der Waals surface area contributed by atoms with Crippen LogP contribution >= 0.6 is 0 Å². The third kappa shape index (κ3) is 3.62. The molecule has 0 radical (unpaired) electrons. The van der Waals surface area contributed by atoms with Crippen LogP contribution < -0.4 is 18.9 Å². The van der Waals surface area contributed by atoms with Gasteiger partial charge in [-0.25, -0.2) is 4.79 Å². The average Bonchev–Trinajstić information content (AvgIpc) is 3.15. The van der Waals surface area contributed by atoms with E-state index >= 15 is 0 Å². The van der Waals surface area contributed by atoms with Crippen LogP contribution in [-0.4, -0.2) is 12.8 Å². The second kappa shape index (κ2) is 7.19. The minimum atomic E-state index is -0.431. The van der Waals surface area contributed by atoms with Crippen molar-refractivity contribution in [3.63, 3.8) is 0 Å². The number of ether oxygens (including phenoxy) is 4. The lowest BCUT2D eigenvalue weighted by atomic mass is 10.1. The Kier molecular flexibility index (Phi) is 4.43. The van der Waals surface area contributed by atoms with Gasteiger partial charge in [0.05, 0.1) is 5.56 Å². The van der Waals surface area contributed by atoms with E-state index in [2.05, 4.69) is 0 Å². The minimum absolute atomic E-state index is 0.180. The Bertz CT molecular complexity index is 903. The van der Waals surface area contributed by atoms with Crippen molar-refractivity contribution in [2.24, 2.45) is 0 Å². The Morgan fingerprint density at radius 1 is 0.846 bits per heavy atom. The summed E-state index contributed by atoms with van der Waals surface area (Å²) in [6, 6.07) is 21.7. The summed E-state index contributed by atoms with van der Waals surface area (Å²) in [7, 11) is 0. The zero-order chi connectivity index (χ0) is 17.8. The summed E-state index contributed by atoms with van der Waals surface area (Å²) in [6.45, 7) is 0.612. The third-order valence-corrected chi connectivity index (χ3v) is 3.89. The molecule has 0 aromatic heterocycles. The molecule has 0 unspecified atom stereocenters. The van der Waals surface area contributed by atoms with Crippen molar-refractivity contribution in [1.29, 1.82) is 0 Å². The van der Waals surface area contributed by atoms with Gasteiger partial charge in [-0.15, -0.1) is 0 Å². The van der Waals surface area contributed by atoms with E-state index in [0.717, 1.165) is 11.3 Å². The maximum atomic E-state index is 12.3. The van der Waals surface area contributed by atoms with Crippen molar-refractivity contribution < 1.29 is 23.7 Å². The number of hydrogen-bond acceptors (Lipinski definition) is 5. The molecule has 5 heteroatoms. The number of esters is 1. The van der Waals surface area contributed by atoms with Gasteiger partial charge in [0.15, 0.2) is 11.5 Å². The molecule has 0 saturated carbocycles. The smallest absolute Gasteiger partial charge is 0.343 e. The van der Waals surface area contributed by atoms with E-state index in [9.17, 15) is 4.79 Å². The molecule has 0 saturated heterocycles. The fourth-order valence-electron chi connectivity index (χ4n) is 2.53. The molecule has 130 valence electrons. The number of hydrogen-bond donors (Lipinski definition) is 0. The lowest BCUT2D eigenvalue weighted by Crippen LogP contribution is -2.08. The van der Waals surface area contributed by atoms with Gasteiger partial charge in [-0.1, -0.05) is 30.3 Å². The van der Waals surface area contributed by atoms with Gasteiger partial charge in [0.2, 0.25) is 6.79 Å². The Morgan fingerprint density at radius 2 is 1.62 bits per heavy atom. The van der Waals surface area contributed by atoms with Crippen molar-refractivity contribution in [2.45, 2.75) is 6.61 Å². The Balaban J connectivity index is 1.37. The van der Waals surface area contributed by atoms with Gasteiger partial charge in [0, 0.05) is 6.07 Å².